The van der Waals surface area contributed by atoms with Crippen molar-refractivity contribution in [3.63, 3.8) is 0 Å². The molecule has 0 radical (unpaired) electrons. The first-order valence-electron chi connectivity index (χ1n) is 5.37. The summed E-state index contributed by atoms with van der Waals surface area (Å²) in [7, 11) is 0. The van der Waals surface area contributed by atoms with Crippen molar-refractivity contribution in [2.75, 3.05) is 0 Å². The van der Waals surface area contributed by atoms with E-state index in [0.29, 0.717) is 17.4 Å². The Morgan fingerprint density at radius 3 is 2.38 bits per heavy atom. The molecule has 1 aliphatic rings. The number of hydrogen-bond donors (Lipinski definition) is 0. The number of halogens is 4. The third-order valence-electron chi connectivity index (χ3n) is 2.85. The van der Waals surface area contributed by atoms with Crippen molar-refractivity contribution >= 4 is 11.6 Å². The molecule has 92 valence electrons. The molecule has 0 nitrogen and oxygen atoms in total. The van der Waals surface area contributed by atoms with Gasteiger partial charge in [-0.3, -0.25) is 0 Å². The molecule has 1 aliphatic carbocycles. The number of hydrogen-bond acceptors (Lipinski definition) is 0. The van der Waals surface area contributed by atoms with E-state index in [1.807, 2.05) is 13.8 Å². The summed E-state index contributed by atoms with van der Waals surface area (Å²) >= 11 is 5.96. The first kappa shape index (κ1) is 13.6. The van der Waals surface area contributed by atoms with Gasteiger partial charge in [-0.25, -0.2) is 0 Å². The molecule has 0 aliphatic heterocycles. The third kappa shape index (κ3) is 3.03. The summed E-state index contributed by atoms with van der Waals surface area (Å²) in [5, 5.41) is 0.474. The zero-order valence-corrected chi connectivity index (χ0v) is 10.4. The highest BCUT2D eigenvalue weighted by atomic mass is 35.5. The average Bonchev–Trinajstić information content (AvgIpc) is 2.09. The van der Waals surface area contributed by atoms with E-state index in [0.717, 1.165) is 11.6 Å². The Morgan fingerprint density at radius 2 is 1.94 bits per heavy atom. The van der Waals surface area contributed by atoms with Crippen LogP contribution in [0.3, 0.4) is 0 Å². The van der Waals surface area contributed by atoms with Gasteiger partial charge >= 0.3 is 6.18 Å². The molecule has 0 bridgehead atoms. The summed E-state index contributed by atoms with van der Waals surface area (Å²) in [5.74, 6) is -1.64. The molecule has 0 spiro atoms. The maximum atomic E-state index is 12.7. The van der Waals surface area contributed by atoms with Gasteiger partial charge in [0.05, 0.1) is 5.92 Å². The van der Waals surface area contributed by atoms with Crippen LogP contribution in [0.15, 0.2) is 22.8 Å². The van der Waals surface area contributed by atoms with E-state index in [1.165, 1.54) is 6.08 Å². The lowest BCUT2D eigenvalue weighted by atomic mass is 9.80. The summed E-state index contributed by atoms with van der Waals surface area (Å²) in [5.41, 5.74) is 0.724. The summed E-state index contributed by atoms with van der Waals surface area (Å²) in [6.45, 7) is 5.55. The highest BCUT2D eigenvalue weighted by Crippen LogP contribution is 2.42. The summed E-state index contributed by atoms with van der Waals surface area (Å²) < 4.78 is 38.1. The third-order valence-corrected chi connectivity index (χ3v) is 3.22. The Morgan fingerprint density at radius 1 is 1.38 bits per heavy atom. The Balaban J connectivity index is 2.95. The van der Waals surface area contributed by atoms with Crippen molar-refractivity contribution < 1.29 is 13.2 Å². The average molecular weight is 253 g/mol. The SMILES string of the molecule is CC(C)CC1=C(Cl)C=CC(C(F)(F)F)C1C. The molecular formula is C12H16ClF3. The van der Waals surface area contributed by atoms with Crippen molar-refractivity contribution in [1.82, 2.24) is 0 Å². The van der Waals surface area contributed by atoms with E-state index < -0.39 is 18.0 Å². The molecule has 0 saturated heterocycles. The van der Waals surface area contributed by atoms with E-state index in [9.17, 15) is 13.2 Å². The van der Waals surface area contributed by atoms with Crippen LogP contribution in [0.2, 0.25) is 0 Å². The van der Waals surface area contributed by atoms with Crippen LogP contribution in [0.5, 0.6) is 0 Å². The van der Waals surface area contributed by atoms with Crippen molar-refractivity contribution in [2.24, 2.45) is 17.8 Å². The van der Waals surface area contributed by atoms with Gasteiger partial charge in [-0.05, 0) is 29.9 Å². The molecular weight excluding hydrogens is 237 g/mol. The van der Waals surface area contributed by atoms with Crippen LogP contribution in [0.4, 0.5) is 13.2 Å². The normalized spacial score (nSPS) is 26.8. The van der Waals surface area contributed by atoms with Gasteiger partial charge in [0.25, 0.3) is 0 Å². The Labute approximate surface area is 99.2 Å². The standard InChI is InChI=1S/C12H16ClF3/c1-7(2)6-9-8(3)10(12(14,15)16)4-5-11(9)13/h4-5,7-8,10H,6H2,1-3H3. The molecule has 0 aromatic heterocycles. The fourth-order valence-electron chi connectivity index (χ4n) is 2.01. The van der Waals surface area contributed by atoms with E-state index in [1.54, 1.807) is 6.92 Å². The molecule has 0 aromatic rings. The predicted molar refractivity (Wildman–Crippen MR) is 60.2 cm³/mol. The van der Waals surface area contributed by atoms with Crippen molar-refractivity contribution in [1.29, 1.82) is 0 Å². The van der Waals surface area contributed by atoms with Crippen LogP contribution in [0.25, 0.3) is 0 Å². The molecule has 1 rings (SSSR count). The largest absolute Gasteiger partial charge is 0.395 e. The molecule has 16 heavy (non-hydrogen) atoms. The molecule has 0 aromatic carbocycles. The zero-order chi connectivity index (χ0) is 12.5. The summed E-state index contributed by atoms with van der Waals surface area (Å²) in [6.07, 6.45) is -1.01. The minimum Gasteiger partial charge on any atom is -0.170 e. The maximum Gasteiger partial charge on any atom is 0.395 e. The van der Waals surface area contributed by atoms with Gasteiger partial charge < -0.3 is 0 Å². The topological polar surface area (TPSA) is 0 Å². The highest BCUT2D eigenvalue weighted by molar-refractivity contribution is 6.31. The van der Waals surface area contributed by atoms with Gasteiger partial charge in [0.2, 0.25) is 0 Å². The Hall–Kier alpha value is -0.440. The quantitative estimate of drug-likeness (QED) is 0.655. The fourth-order valence-corrected chi connectivity index (χ4v) is 2.33. The second-order valence-electron chi connectivity index (χ2n) is 4.69. The number of alkyl halides is 3. The lowest BCUT2D eigenvalue weighted by Gasteiger charge is -2.30. The highest BCUT2D eigenvalue weighted by Gasteiger charge is 2.43. The second-order valence-corrected chi connectivity index (χ2v) is 5.09. The molecule has 0 saturated carbocycles. The van der Waals surface area contributed by atoms with Gasteiger partial charge in [-0.1, -0.05) is 38.4 Å². The van der Waals surface area contributed by atoms with Gasteiger partial charge in [0, 0.05) is 5.03 Å². The maximum absolute atomic E-state index is 12.7. The van der Waals surface area contributed by atoms with E-state index in [2.05, 4.69) is 0 Å². The molecule has 2 unspecified atom stereocenters. The van der Waals surface area contributed by atoms with E-state index >= 15 is 0 Å². The van der Waals surface area contributed by atoms with Crippen molar-refractivity contribution in [3.8, 4) is 0 Å². The molecule has 2 atom stereocenters. The first-order chi connectivity index (χ1) is 7.23. The Bertz CT molecular complexity index is 313. The monoisotopic (exact) mass is 252 g/mol. The van der Waals surface area contributed by atoms with Crippen molar-refractivity contribution in [3.05, 3.63) is 22.8 Å². The van der Waals surface area contributed by atoms with E-state index in [4.69, 9.17) is 11.6 Å². The van der Waals surface area contributed by atoms with Gasteiger partial charge in [-0.15, -0.1) is 0 Å². The minimum atomic E-state index is -4.18. The number of rotatable bonds is 2. The number of allylic oxidation sites excluding steroid dienone is 4. The molecule has 0 fully saturated rings. The Kier molecular flexibility index (Phi) is 4.11. The zero-order valence-electron chi connectivity index (χ0n) is 9.61. The molecule has 4 heteroatoms. The lowest BCUT2D eigenvalue weighted by molar-refractivity contribution is -0.170. The minimum absolute atomic E-state index is 0.312. The van der Waals surface area contributed by atoms with Gasteiger partial charge in [-0.2, -0.15) is 13.2 Å². The van der Waals surface area contributed by atoms with Crippen LogP contribution >= 0.6 is 11.6 Å². The first-order valence-corrected chi connectivity index (χ1v) is 5.74. The lowest BCUT2D eigenvalue weighted by Crippen LogP contribution is -2.30. The molecule has 0 N–H and O–H groups in total. The molecule has 0 heterocycles. The van der Waals surface area contributed by atoms with E-state index in [-0.39, 0.29) is 0 Å². The summed E-state index contributed by atoms with van der Waals surface area (Å²) in [4.78, 5) is 0. The fraction of sp³-hybridized carbons (Fsp3) is 0.667. The van der Waals surface area contributed by atoms with Crippen LogP contribution in [0.1, 0.15) is 27.2 Å². The van der Waals surface area contributed by atoms with Crippen LogP contribution < -0.4 is 0 Å². The molecule has 0 amide bonds. The van der Waals surface area contributed by atoms with Crippen LogP contribution in [-0.4, -0.2) is 6.18 Å². The smallest absolute Gasteiger partial charge is 0.170 e. The predicted octanol–water partition coefficient (Wildman–Crippen LogP) is 4.91. The van der Waals surface area contributed by atoms with Gasteiger partial charge in [0.15, 0.2) is 0 Å². The van der Waals surface area contributed by atoms with Crippen LogP contribution in [-0.2, 0) is 0 Å². The second kappa shape index (κ2) is 4.82. The van der Waals surface area contributed by atoms with Gasteiger partial charge in [0.1, 0.15) is 0 Å². The van der Waals surface area contributed by atoms with Crippen molar-refractivity contribution in [2.45, 2.75) is 33.4 Å². The summed E-state index contributed by atoms with van der Waals surface area (Å²) in [6, 6.07) is 0. The van der Waals surface area contributed by atoms with Crippen LogP contribution in [0, 0.1) is 17.8 Å².